The Kier molecular flexibility index (Phi) is 8.90. The van der Waals surface area contributed by atoms with Gasteiger partial charge in [0.2, 0.25) is 0 Å². The Balaban J connectivity index is 1.66. The molecule has 1 atom stereocenters. The van der Waals surface area contributed by atoms with E-state index in [4.69, 9.17) is 0 Å². The summed E-state index contributed by atoms with van der Waals surface area (Å²) in [5.74, 6) is -0.134. The summed E-state index contributed by atoms with van der Waals surface area (Å²) in [5.41, 5.74) is 7.48. The molecule has 1 aliphatic carbocycles. The molecule has 1 fully saturated rings. The minimum atomic E-state index is -0.798. The van der Waals surface area contributed by atoms with Gasteiger partial charge in [-0.25, -0.2) is 0 Å². The van der Waals surface area contributed by atoms with Crippen LogP contribution in [0.1, 0.15) is 62.4 Å². The average Bonchev–Trinajstić information content (AvgIpc) is 2.90. The smallest absolute Gasteiger partial charge is 0.251 e. The molecule has 1 unspecified atom stereocenters. The first-order chi connectivity index (χ1) is 18.2. The highest BCUT2D eigenvalue weighted by Gasteiger charge is 2.28. The SMILES string of the molecule is CCN(c1cc(-c2ccncc2)cc(C(=O)NCC2=C(C)C=C(C)NC2O)c1C)C1CCC(N(C)C)CC1. The van der Waals surface area contributed by atoms with E-state index < -0.39 is 6.23 Å². The Morgan fingerprint density at radius 1 is 1.05 bits per heavy atom. The van der Waals surface area contributed by atoms with E-state index in [1.54, 1.807) is 12.4 Å². The van der Waals surface area contributed by atoms with Crippen LogP contribution < -0.4 is 15.5 Å². The van der Waals surface area contributed by atoms with Crippen molar-refractivity contribution in [2.45, 2.75) is 71.7 Å². The molecule has 1 aromatic carbocycles. The van der Waals surface area contributed by atoms with Crippen molar-refractivity contribution in [1.82, 2.24) is 20.5 Å². The van der Waals surface area contributed by atoms with Gasteiger partial charge >= 0.3 is 0 Å². The van der Waals surface area contributed by atoms with Gasteiger partial charge in [0.15, 0.2) is 0 Å². The normalized spacial score (nSPS) is 21.7. The number of pyridine rings is 1. The second-order valence-electron chi connectivity index (χ2n) is 10.9. The van der Waals surface area contributed by atoms with Crippen molar-refractivity contribution < 1.29 is 9.90 Å². The van der Waals surface area contributed by atoms with E-state index in [2.05, 4.69) is 59.4 Å². The fourth-order valence-electron chi connectivity index (χ4n) is 5.94. The van der Waals surface area contributed by atoms with Crippen LogP contribution in [0.25, 0.3) is 11.1 Å². The van der Waals surface area contributed by atoms with Gasteiger partial charge in [0.25, 0.3) is 5.91 Å². The van der Waals surface area contributed by atoms with Gasteiger partial charge in [-0.2, -0.15) is 0 Å². The largest absolute Gasteiger partial charge is 0.370 e. The number of amides is 1. The first-order valence-electron chi connectivity index (χ1n) is 13.8. The number of benzene rings is 1. The molecule has 0 saturated heterocycles. The van der Waals surface area contributed by atoms with Gasteiger partial charge in [-0.05, 0) is 120 Å². The number of hydrogen-bond donors (Lipinski definition) is 3. The summed E-state index contributed by atoms with van der Waals surface area (Å²) in [7, 11) is 4.35. The van der Waals surface area contributed by atoms with Gasteiger partial charge in [0.1, 0.15) is 6.23 Å². The molecule has 1 aliphatic heterocycles. The Morgan fingerprint density at radius 2 is 1.71 bits per heavy atom. The lowest BCUT2D eigenvalue weighted by molar-refractivity contribution is 0.0952. The zero-order valence-corrected chi connectivity index (χ0v) is 23.7. The molecular weight excluding hydrogens is 474 g/mol. The number of nitrogens with one attached hydrogen (secondary N) is 2. The summed E-state index contributed by atoms with van der Waals surface area (Å²) in [6, 6.07) is 9.28. The number of aromatic nitrogens is 1. The molecule has 0 bridgehead atoms. The minimum Gasteiger partial charge on any atom is -0.370 e. The van der Waals surface area contributed by atoms with Crippen molar-refractivity contribution in [3.63, 3.8) is 0 Å². The molecule has 2 aromatic rings. The van der Waals surface area contributed by atoms with E-state index in [1.807, 2.05) is 38.1 Å². The number of hydrogen-bond acceptors (Lipinski definition) is 6. The average molecular weight is 518 g/mol. The Labute approximate surface area is 227 Å². The second-order valence-corrected chi connectivity index (χ2v) is 10.9. The van der Waals surface area contributed by atoms with Gasteiger partial charge in [0.05, 0.1) is 0 Å². The molecule has 204 valence electrons. The number of nitrogens with zero attached hydrogens (tertiary/aromatic N) is 3. The molecule has 0 radical (unpaired) electrons. The fourth-order valence-corrected chi connectivity index (χ4v) is 5.94. The summed E-state index contributed by atoms with van der Waals surface area (Å²) in [6.07, 6.45) is 9.42. The van der Waals surface area contributed by atoms with Crippen LogP contribution in [0.15, 0.2) is 59.6 Å². The Bertz CT molecular complexity index is 1200. The zero-order chi connectivity index (χ0) is 27.4. The van der Waals surface area contributed by atoms with Crippen molar-refractivity contribution >= 4 is 11.6 Å². The Hall–Kier alpha value is -3.16. The standard InChI is InChI=1S/C31H43N5O2/c1-7-36(26-10-8-25(9-11-26)35(5)6)29-18-24(23-12-14-32-15-13-23)17-27(22(29)4)30(37)33-19-28-20(2)16-21(3)34-31(28)38/h12-18,25-26,31,34,38H,7-11,19H2,1-6H3,(H,33,37). The van der Waals surface area contributed by atoms with Crippen LogP contribution in [0, 0.1) is 6.92 Å². The third-order valence-corrected chi connectivity index (χ3v) is 8.20. The van der Waals surface area contributed by atoms with Crippen molar-refractivity contribution in [3.8, 4) is 11.1 Å². The molecule has 4 rings (SSSR count). The van der Waals surface area contributed by atoms with Gasteiger partial charge in [-0.3, -0.25) is 9.78 Å². The molecule has 1 amide bonds. The summed E-state index contributed by atoms with van der Waals surface area (Å²) < 4.78 is 0. The van der Waals surface area contributed by atoms with E-state index in [-0.39, 0.29) is 12.5 Å². The number of aliphatic hydroxyl groups excluding tert-OH is 1. The second kappa shape index (κ2) is 12.1. The molecule has 2 heterocycles. The summed E-state index contributed by atoms with van der Waals surface area (Å²) >= 11 is 0. The number of carbonyl (C=O) groups excluding carboxylic acids is 1. The molecular formula is C31H43N5O2. The molecule has 0 spiro atoms. The van der Waals surface area contributed by atoms with Crippen LogP contribution >= 0.6 is 0 Å². The molecule has 2 aliphatic rings. The first kappa shape index (κ1) is 27.9. The first-order valence-corrected chi connectivity index (χ1v) is 13.8. The van der Waals surface area contributed by atoms with Crippen molar-refractivity contribution in [3.05, 3.63) is 70.7 Å². The molecule has 1 aromatic heterocycles. The highest BCUT2D eigenvalue weighted by Crippen LogP contribution is 2.35. The van der Waals surface area contributed by atoms with Crippen molar-refractivity contribution in [2.24, 2.45) is 0 Å². The van der Waals surface area contributed by atoms with Gasteiger partial charge in [0, 0.05) is 60.1 Å². The topological polar surface area (TPSA) is 80.7 Å². The maximum atomic E-state index is 13.6. The Morgan fingerprint density at radius 3 is 2.32 bits per heavy atom. The van der Waals surface area contributed by atoms with Crippen LogP contribution in [-0.4, -0.2) is 66.4 Å². The van der Waals surface area contributed by atoms with Crippen LogP contribution in [0.3, 0.4) is 0 Å². The maximum Gasteiger partial charge on any atom is 0.251 e. The molecule has 38 heavy (non-hydrogen) atoms. The highest BCUT2D eigenvalue weighted by atomic mass is 16.3. The van der Waals surface area contributed by atoms with E-state index in [1.165, 1.54) is 12.8 Å². The maximum absolute atomic E-state index is 13.6. The van der Waals surface area contributed by atoms with Crippen LogP contribution in [0.2, 0.25) is 0 Å². The predicted molar refractivity (Wildman–Crippen MR) is 155 cm³/mol. The zero-order valence-electron chi connectivity index (χ0n) is 23.7. The number of carbonyl (C=O) groups is 1. The van der Waals surface area contributed by atoms with Crippen molar-refractivity contribution in [2.75, 3.05) is 32.1 Å². The highest BCUT2D eigenvalue weighted by molar-refractivity contribution is 5.99. The minimum absolute atomic E-state index is 0.134. The number of dihydropyridines is 1. The van der Waals surface area contributed by atoms with Gasteiger partial charge in [-0.15, -0.1) is 0 Å². The van der Waals surface area contributed by atoms with Gasteiger partial charge in [-0.1, -0.05) is 0 Å². The summed E-state index contributed by atoms with van der Waals surface area (Å²) in [5, 5.41) is 16.6. The van der Waals surface area contributed by atoms with E-state index in [9.17, 15) is 9.90 Å². The number of allylic oxidation sites excluding steroid dienone is 3. The number of aliphatic hydroxyl groups is 1. The summed E-state index contributed by atoms with van der Waals surface area (Å²) in [6.45, 7) is 9.31. The number of rotatable bonds is 8. The third-order valence-electron chi connectivity index (χ3n) is 8.20. The van der Waals surface area contributed by atoms with Crippen LogP contribution in [0.5, 0.6) is 0 Å². The van der Waals surface area contributed by atoms with E-state index in [0.717, 1.165) is 58.6 Å². The van der Waals surface area contributed by atoms with Crippen LogP contribution in [0.4, 0.5) is 5.69 Å². The molecule has 1 saturated carbocycles. The fraction of sp³-hybridized carbons (Fsp3) is 0.484. The molecule has 7 nitrogen and oxygen atoms in total. The molecule has 7 heteroatoms. The van der Waals surface area contributed by atoms with E-state index in [0.29, 0.717) is 17.6 Å². The van der Waals surface area contributed by atoms with Gasteiger partial charge < -0.3 is 25.5 Å². The monoisotopic (exact) mass is 517 g/mol. The molecule has 3 N–H and O–H groups in total. The quantitative estimate of drug-likeness (QED) is 0.474. The number of anilines is 1. The lowest BCUT2D eigenvalue weighted by Crippen LogP contribution is -2.42. The lowest BCUT2D eigenvalue weighted by Gasteiger charge is -2.40. The summed E-state index contributed by atoms with van der Waals surface area (Å²) in [4.78, 5) is 22.7. The lowest BCUT2D eigenvalue weighted by atomic mass is 9.88. The third kappa shape index (κ3) is 6.11. The van der Waals surface area contributed by atoms with Crippen LogP contribution in [-0.2, 0) is 0 Å². The van der Waals surface area contributed by atoms with Crippen molar-refractivity contribution in [1.29, 1.82) is 0 Å². The van der Waals surface area contributed by atoms with E-state index >= 15 is 0 Å². The predicted octanol–water partition coefficient (Wildman–Crippen LogP) is 4.63.